The monoisotopic (exact) mass is 399 g/mol. The van der Waals surface area contributed by atoms with E-state index in [-0.39, 0.29) is 21.7 Å². The number of nitriles is 1. The molecule has 0 saturated heterocycles. The maximum Gasteiger partial charge on any atom is 0.142 e. The summed E-state index contributed by atoms with van der Waals surface area (Å²) in [6.45, 7) is 1.80. The molecule has 0 bridgehead atoms. The summed E-state index contributed by atoms with van der Waals surface area (Å²) in [5, 5.41) is 9.50. The second-order valence-electron chi connectivity index (χ2n) is 5.47. The van der Waals surface area contributed by atoms with Crippen LogP contribution in [0.3, 0.4) is 0 Å². The van der Waals surface area contributed by atoms with E-state index in [9.17, 15) is 14.0 Å². The van der Waals surface area contributed by atoms with Gasteiger partial charge < -0.3 is 5.73 Å². The van der Waals surface area contributed by atoms with Crippen LogP contribution in [0.15, 0.2) is 46.9 Å². The molecule has 3 rings (SSSR count). The Bertz CT molecular complexity index is 1010. The molecule has 0 aliphatic rings. The number of rotatable bonds is 2. The van der Waals surface area contributed by atoms with E-state index in [1.165, 1.54) is 18.2 Å². The minimum absolute atomic E-state index is 0.0721. The van der Waals surface area contributed by atoms with Crippen molar-refractivity contribution in [3.63, 3.8) is 0 Å². The highest BCUT2D eigenvalue weighted by Gasteiger charge is 2.19. The molecular weight excluding hydrogens is 388 g/mol. The lowest BCUT2D eigenvalue weighted by Crippen LogP contribution is -2.03. The Morgan fingerprint density at radius 1 is 1.08 bits per heavy atom. The molecule has 0 unspecified atom stereocenters. The fourth-order valence-electron chi connectivity index (χ4n) is 2.71. The van der Waals surface area contributed by atoms with Crippen LogP contribution in [0.25, 0.3) is 22.4 Å². The van der Waals surface area contributed by atoms with Crippen molar-refractivity contribution >= 4 is 21.7 Å². The van der Waals surface area contributed by atoms with Gasteiger partial charge in [0.1, 0.15) is 29.1 Å². The van der Waals surface area contributed by atoms with Gasteiger partial charge >= 0.3 is 0 Å². The van der Waals surface area contributed by atoms with Crippen molar-refractivity contribution in [3.05, 3.63) is 69.7 Å². The van der Waals surface area contributed by atoms with Gasteiger partial charge in [-0.25, -0.2) is 13.8 Å². The van der Waals surface area contributed by atoms with Crippen LogP contribution in [0.5, 0.6) is 0 Å². The standard InChI is InChI=1S/C19H12BrF2N3/c1-10-17(12-4-7-16(22)15(20)8-12)14(9-23)19(24)25-18(10)11-2-5-13(21)6-3-11/h2-8H,1H3,(H2,24,25). The number of benzene rings is 2. The molecular formula is C19H12BrF2N3. The van der Waals surface area contributed by atoms with Gasteiger partial charge in [0.15, 0.2) is 0 Å². The number of anilines is 1. The molecule has 0 amide bonds. The Labute approximate surface area is 151 Å². The molecule has 2 N–H and O–H groups in total. The van der Waals surface area contributed by atoms with E-state index in [1.807, 2.05) is 0 Å². The van der Waals surface area contributed by atoms with Crippen molar-refractivity contribution < 1.29 is 8.78 Å². The lowest BCUT2D eigenvalue weighted by atomic mass is 9.93. The van der Waals surface area contributed by atoms with Gasteiger partial charge in [0.25, 0.3) is 0 Å². The number of aromatic nitrogens is 1. The highest BCUT2D eigenvalue weighted by atomic mass is 79.9. The van der Waals surface area contributed by atoms with Crippen LogP contribution in [-0.2, 0) is 0 Å². The molecule has 3 aromatic rings. The van der Waals surface area contributed by atoms with Gasteiger partial charge in [-0.15, -0.1) is 0 Å². The van der Waals surface area contributed by atoms with E-state index >= 15 is 0 Å². The summed E-state index contributed by atoms with van der Waals surface area (Å²) in [7, 11) is 0. The Kier molecular flexibility index (Phi) is 4.51. The molecule has 124 valence electrons. The minimum atomic E-state index is -0.402. The zero-order valence-electron chi connectivity index (χ0n) is 13.1. The summed E-state index contributed by atoms with van der Waals surface area (Å²) in [5.74, 6) is -0.686. The Balaban J connectivity index is 2.31. The maximum atomic E-state index is 13.6. The van der Waals surface area contributed by atoms with E-state index in [2.05, 4.69) is 27.0 Å². The average Bonchev–Trinajstić information content (AvgIpc) is 2.59. The van der Waals surface area contributed by atoms with Gasteiger partial charge in [-0.3, -0.25) is 0 Å². The lowest BCUT2D eigenvalue weighted by molar-refractivity contribution is 0.621. The smallest absolute Gasteiger partial charge is 0.142 e. The number of pyridine rings is 1. The quantitative estimate of drug-likeness (QED) is 0.642. The van der Waals surface area contributed by atoms with Crippen molar-refractivity contribution in [2.45, 2.75) is 6.92 Å². The molecule has 0 aliphatic heterocycles. The molecule has 2 aromatic carbocycles. The van der Waals surface area contributed by atoms with Crippen molar-refractivity contribution in [1.82, 2.24) is 4.98 Å². The summed E-state index contributed by atoms with van der Waals surface area (Å²) in [6, 6.07) is 12.4. The SMILES string of the molecule is Cc1c(-c2ccc(F)cc2)nc(N)c(C#N)c1-c1ccc(F)c(Br)c1. The number of halogens is 3. The number of hydrogen-bond donors (Lipinski definition) is 1. The summed E-state index contributed by atoms with van der Waals surface area (Å²) in [6.07, 6.45) is 0. The number of hydrogen-bond acceptors (Lipinski definition) is 3. The number of nitrogens with two attached hydrogens (primary N) is 1. The summed E-state index contributed by atoms with van der Waals surface area (Å²) in [5.41, 5.74) is 9.35. The van der Waals surface area contributed by atoms with E-state index in [0.717, 1.165) is 0 Å². The summed E-state index contributed by atoms with van der Waals surface area (Å²) in [4.78, 5) is 4.32. The van der Waals surface area contributed by atoms with Gasteiger partial charge in [-0.05, 0) is 70.4 Å². The molecule has 3 nitrogen and oxygen atoms in total. The molecule has 0 aliphatic carbocycles. The van der Waals surface area contributed by atoms with Crippen LogP contribution >= 0.6 is 15.9 Å². The Hall–Kier alpha value is -2.78. The Morgan fingerprint density at radius 3 is 2.32 bits per heavy atom. The predicted octanol–water partition coefficient (Wildman–Crippen LogP) is 5.22. The van der Waals surface area contributed by atoms with E-state index < -0.39 is 5.82 Å². The van der Waals surface area contributed by atoms with Gasteiger partial charge in [0.2, 0.25) is 0 Å². The van der Waals surface area contributed by atoms with Crippen molar-refractivity contribution in [2.24, 2.45) is 0 Å². The lowest BCUT2D eigenvalue weighted by Gasteiger charge is -2.15. The van der Waals surface area contributed by atoms with Gasteiger partial charge in [0, 0.05) is 11.1 Å². The zero-order valence-corrected chi connectivity index (χ0v) is 14.7. The third-order valence-corrected chi connectivity index (χ3v) is 4.51. The highest BCUT2D eigenvalue weighted by Crippen LogP contribution is 2.37. The maximum absolute atomic E-state index is 13.6. The Morgan fingerprint density at radius 2 is 1.72 bits per heavy atom. The molecule has 1 aromatic heterocycles. The normalized spacial score (nSPS) is 10.5. The number of nitrogen functional groups attached to an aromatic ring is 1. The van der Waals surface area contributed by atoms with Crippen LogP contribution < -0.4 is 5.73 Å². The zero-order chi connectivity index (χ0) is 18.1. The van der Waals surface area contributed by atoms with Crippen molar-refractivity contribution in [2.75, 3.05) is 5.73 Å². The second kappa shape index (κ2) is 6.61. The first kappa shape index (κ1) is 17.1. The van der Waals surface area contributed by atoms with E-state index in [1.54, 1.807) is 31.2 Å². The molecule has 25 heavy (non-hydrogen) atoms. The van der Waals surface area contributed by atoms with Gasteiger partial charge in [0.05, 0.1) is 10.2 Å². The topological polar surface area (TPSA) is 62.7 Å². The van der Waals surface area contributed by atoms with E-state index in [0.29, 0.717) is 27.9 Å². The van der Waals surface area contributed by atoms with Gasteiger partial charge in [-0.2, -0.15) is 5.26 Å². The largest absolute Gasteiger partial charge is 0.383 e. The average molecular weight is 400 g/mol. The molecule has 0 radical (unpaired) electrons. The third kappa shape index (κ3) is 3.11. The number of nitrogens with zero attached hydrogens (tertiary/aromatic N) is 2. The van der Waals surface area contributed by atoms with Crippen LogP contribution in [-0.4, -0.2) is 4.98 Å². The van der Waals surface area contributed by atoms with Crippen LogP contribution in [0.4, 0.5) is 14.6 Å². The first-order valence-corrected chi connectivity index (χ1v) is 8.13. The molecule has 0 atom stereocenters. The molecule has 6 heteroatoms. The third-order valence-electron chi connectivity index (χ3n) is 3.91. The highest BCUT2D eigenvalue weighted by molar-refractivity contribution is 9.10. The molecule has 0 saturated carbocycles. The second-order valence-corrected chi connectivity index (χ2v) is 6.32. The van der Waals surface area contributed by atoms with Crippen molar-refractivity contribution in [3.8, 4) is 28.5 Å². The summed E-state index contributed by atoms with van der Waals surface area (Å²) < 4.78 is 27.1. The van der Waals surface area contributed by atoms with E-state index in [4.69, 9.17) is 5.73 Å². The predicted molar refractivity (Wildman–Crippen MR) is 96.6 cm³/mol. The fraction of sp³-hybridized carbons (Fsp3) is 0.0526. The minimum Gasteiger partial charge on any atom is -0.383 e. The van der Waals surface area contributed by atoms with Gasteiger partial charge in [-0.1, -0.05) is 6.07 Å². The van der Waals surface area contributed by atoms with Crippen LogP contribution in [0, 0.1) is 29.9 Å². The first-order chi connectivity index (χ1) is 11.9. The molecule has 1 heterocycles. The first-order valence-electron chi connectivity index (χ1n) is 7.34. The summed E-state index contributed by atoms with van der Waals surface area (Å²) >= 11 is 3.16. The molecule has 0 spiro atoms. The van der Waals surface area contributed by atoms with Crippen molar-refractivity contribution in [1.29, 1.82) is 5.26 Å². The van der Waals surface area contributed by atoms with Crippen LogP contribution in [0.1, 0.15) is 11.1 Å². The fourth-order valence-corrected chi connectivity index (χ4v) is 3.09. The molecule has 0 fully saturated rings. The van der Waals surface area contributed by atoms with Crippen LogP contribution in [0.2, 0.25) is 0 Å².